The first-order chi connectivity index (χ1) is 11.5. The lowest BCUT2D eigenvalue weighted by Crippen LogP contribution is -2.31. The highest BCUT2D eigenvalue weighted by molar-refractivity contribution is 5.79. The van der Waals surface area contributed by atoms with Gasteiger partial charge in [-0.3, -0.25) is 0 Å². The van der Waals surface area contributed by atoms with Gasteiger partial charge < -0.3 is 19.6 Å². The van der Waals surface area contributed by atoms with Gasteiger partial charge in [0.05, 0.1) is 7.11 Å². The molecule has 0 spiro atoms. The van der Waals surface area contributed by atoms with Crippen molar-refractivity contribution in [1.82, 2.24) is 4.57 Å². The van der Waals surface area contributed by atoms with Crippen molar-refractivity contribution in [3.05, 3.63) is 59.6 Å². The van der Waals surface area contributed by atoms with Crippen LogP contribution < -0.4 is 9.64 Å². The summed E-state index contributed by atoms with van der Waals surface area (Å²) in [5, 5.41) is 7.63. The molecule has 24 heavy (non-hydrogen) atoms. The van der Waals surface area contributed by atoms with E-state index in [1.54, 1.807) is 7.11 Å². The zero-order valence-corrected chi connectivity index (χ0v) is 14.8. The fourth-order valence-electron chi connectivity index (χ4n) is 3.81. The fraction of sp³-hybridized carbons (Fsp3) is 0.350. The topological polar surface area (TPSA) is 41.2 Å². The number of anilines is 1. The SMILES string of the molecule is CCN1/C(=C\C=N)C(C)(Cc2cccn2C)c2cc(OC)ccc21. The number of nitrogens with zero attached hydrogens (tertiary/aromatic N) is 2. The van der Waals surface area contributed by atoms with Crippen molar-refractivity contribution in [2.45, 2.75) is 25.7 Å². The van der Waals surface area contributed by atoms with Crippen LogP contribution in [0.3, 0.4) is 0 Å². The summed E-state index contributed by atoms with van der Waals surface area (Å²) in [6.07, 6.45) is 6.29. The number of methoxy groups -OCH3 is 1. The Bertz CT molecular complexity index is 790. The van der Waals surface area contributed by atoms with Gasteiger partial charge >= 0.3 is 0 Å². The summed E-state index contributed by atoms with van der Waals surface area (Å²) >= 11 is 0. The number of benzene rings is 1. The number of aryl methyl sites for hydroxylation is 1. The Kier molecular flexibility index (Phi) is 4.22. The minimum atomic E-state index is -0.191. The number of nitrogens with one attached hydrogen (secondary N) is 1. The number of fused-ring (bicyclic) bond motifs is 1. The summed E-state index contributed by atoms with van der Waals surface area (Å²) in [5.74, 6) is 0.874. The standard InChI is InChI=1S/C20H25N3O/c1-5-23-18-9-8-16(24-4)13-17(18)20(2,19(23)10-11-21)14-15-7-6-12-22(15)3/h6-13,21H,5,14H2,1-4H3/b19-10-,21-11?. The van der Waals surface area contributed by atoms with Crippen molar-refractivity contribution in [2.75, 3.05) is 18.6 Å². The Balaban J connectivity index is 2.19. The quantitative estimate of drug-likeness (QED) is 0.848. The molecule has 0 fully saturated rings. The van der Waals surface area contributed by atoms with E-state index in [1.807, 2.05) is 12.1 Å². The first-order valence-corrected chi connectivity index (χ1v) is 8.32. The van der Waals surface area contributed by atoms with Crippen molar-refractivity contribution < 1.29 is 4.74 Å². The Morgan fingerprint density at radius 2 is 2.08 bits per heavy atom. The van der Waals surface area contributed by atoms with Gasteiger partial charge in [0, 0.05) is 54.9 Å². The second-order valence-electron chi connectivity index (χ2n) is 6.47. The van der Waals surface area contributed by atoms with Gasteiger partial charge in [-0.15, -0.1) is 0 Å². The van der Waals surface area contributed by atoms with Crippen LogP contribution in [0.15, 0.2) is 48.3 Å². The largest absolute Gasteiger partial charge is 0.497 e. The number of allylic oxidation sites excluding steroid dienone is 2. The third kappa shape index (κ3) is 2.42. The second kappa shape index (κ2) is 6.19. The number of likely N-dealkylation sites (N-methyl/N-ethyl adjacent to an activating group) is 1. The van der Waals surface area contributed by atoms with Gasteiger partial charge in [0.1, 0.15) is 5.75 Å². The lowest BCUT2D eigenvalue weighted by atomic mass is 9.77. The molecule has 2 aromatic rings. The molecule has 1 aliphatic heterocycles. The van der Waals surface area contributed by atoms with Crippen molar-refractivity contribution in [3.63, 3.8) is 0 Å². The molecule has 0 radical (unpaired) electrons. The predicted molar refractivity (Wildman–Crippen MR) is 99.3 cm³/mol. The lowest BCUT2D eigenvalue weighted by molar-refractivity contribution is 0.413. The molecule has 1 aromatic heterocycles. The molecule has 0 bridgehead atoms. The summed E-state index contributed by atoms with van der Waals surface area (Å²) in [6.45, 7) is 5.30. The molecular formula is C20H25N3O. The van der Waals surface area contributed by atoms with Crippen LogP contribution in [-0.2, 0) is 18.9 Å². The van der Waals surface area contributed by atoms with E-state index in [1.165, 1.54) is 28.9 Å². The van der Waals surface area contributed by atoms with Crippen molar-refractivity contribution in [1.29, 1.82) is 5.41 Å². The third-order valence-corrected chi connectivity index (χ3v) is 5.09. The van der Waals surface area contributed by atoms with E-state index in [-0.39, 0.29) is 5.41 Å². The minimum absolute atomic E-state index is 0.191. The summed E-state index contributed by atoms with van der Waals surface area (Å²) in [7, 11) is 3.79. The van der Waals surface area contributed by atoms with Crippen molar-refractivity contribution in [3.8, 4) is 5.75 Å². The lowest BCUT2D eigenvalue weighted by Gasteiger charge is -2.30. The Morgan fingerprint density at radius 3 is 2.67 bits per heavy atom. The third-order valence-electron chi connectivity index (χ3n) is 5.09. The van der Waals surface area contributed by atoms with Gasteiger partial charge in [-0.05, 0) is 55.8 Å². The monoisotopic (exact) mass is 323 g/mol. The molecule has 1 atom stereocenters. The maximum atomic E-state index is 7.63. The number of hydrogen-bond acceptors (Lipinski definition) is 3. The molecule has 1 aromatic carbocycles. The van der Waals surface area contributed by atoms with Gasteiger partial charge in [0.2, 0.25) is 0 Å². The highest BCUT2D eigenvalue weighted by Crippen LogP contribution is 2.50. The highest BCUT2D eigenvalue weighted by Gasteiger charge is 2.43. The van der Waals surface area contributed by atoms with Gasteiger partial charge in [-0.25, -0.2) is 0 Å². The van der Waals surface area contributed by atoms with E-state index in [4.69, 9.17) is 10.1 Å². The van der Waals surface area contributed by atoms with Crippen LogP contribution in [0, 0.1) is 5.41 Å². The average Bonchev–Trinajstić information content (AvgIpc) is 3.08. The molecule has 4 nitrogen and oxygen atoms in total. The molecule has 0 aliphatic carbocycles. The van der Waals surface area contributed by atoms with Crippen molar-refractivity contribution in [2.24, 2.45) is 7.05 Å². The van der Waals surface area contributed by atoms with Gasteiger partial charge in [-0.2, -0.15) is 0 Å². The molecule has 0 amide bonds. The molecule has 2 heterocycles. The van der Waals surface area contributed by atoms with Crippen LogP contribution in [0.2, 0.25) is 0 Å². The predicted octanol–water partition coefficient (Wildman–Crippen LogP) is 3.91. The zero-order valence-electron chi connectivity index (χ0n) is 14.8. The normalized spacial score (nSPS) is 21.2. The van der Waals surface area contributed by atoms with Gasteiger partial charge in [0.15, 0.2) is 0 Å². The Morgan fingerprint density at radius 1 is 1.29 bits per heavy atom. The first-order valence-electron chi connectivity index (χ1n) is 8.32. The number of aromatic nitrogens is 1. The average molecular weight is 323 g/mol. The molecule has 0 saturated carbocycles. The van der Waals surface area contributed by atoms with Crippen LogP contribution >= 0.6 is 0 Å². The van der Waals surface area contributed by atoms with Crippen LogP contribution in [0.4, 0.5) is 5.69 Å². The molecule has 4 heteroatoms. The van der Waals surface area contributed by atoms with E-state index in [9.17, 15) is 0 Å². The van der Waals surface area contributed by atoms with E-state index in [0.29, 0.717) is 0 Å². The van der Waals surface area contributed by atoms with Crippen LogP contribution in [0.25, 0.3) is 0 Å². The Hall–Kier alpha value is -2.49. The number of hydrogen-bond donors (Lipinski definition) is 1. The van der Waals surface area contributed by atoms with Crippen LogP contribution in [-0.4, -0.2) is 24.4 Å². The second-order valence-corrected chi connectivity index (χ2v) is 6.47. The molecular weight excluding hydrogens is 298 g/mol. The molecule has 1 aliphatic rings. The van der Waals surface area contributed by atoms with Gasteiger partial charge in [-0.1, -0.05) is 0 Å². The molecule has 3 rings (SSSR count). The Labute approximate surface area is 143 Å². The summed E-state index contributed by atoms with van der Waals surface area (Å²) in [5.41, 5.74) is 4.73. The van der Waals surface area contributed by atoms with Crippen molar-refractivity contribution >= 4 is 11.9 Å². The molecule has 126 valence electrons. The highest BCUT2D eigenvalue weighted by atomic mass is 16.5. The summed E-state index contributed by atoms with van der Waals surface area (Å²) in [4.78, 5) is 2.31. The van der Waals surface area contributed by atoms with Crippen LogP contribution in [0.5, 0.6) is 5.75 Å². The number of rotatable bonds is 5. The summed E-state index contributed by atoms with van der Waals surface area (Å²) in [6, 6.07) is 10.5. The van der Waals surface area contributed by atoms with E-state index in [2.05, 4.69) is 60.8 Å². The van der Waals surface area contributed by atoms with E-state index < -0.39 is 0 Å². The maximum absolute atomic E-state index is 7.63. The number of ether oxygens (including phenoxy) is 1. The van der Waals surface area contributed by atoms with E-state index in [0.717, 1.165) is 18.7 Å². The minimum Gasteiger partial charge on any atom is -0.497 e. The summed E-state index contributed by atoms with van der Waals surface area (Å²) < 4.78 is 7.64. The van der Waals surface area contributed by atoms with E-state index >= 15 is 0 Å². The molecule has 1 unspecified atom stereocenters. The fourth-order valence-corrected chi connectivity index (χ4v) is 3.81. The molecule has 0 saturated heterocycles. The van der Waals surface area contributed by atoms with Gasteiger partial charge in [0.25, 0.3) is 0 Å². The maximum Gasteiger partial charge on any atom is 0.119 e. The van der Waals surface area contributed by atoms with Crippen LogP contribution in [0.1, 0.15) is 25.1 Å². The zero-order chi connectivity index (χ0) is 17.3. The molecule has 1 N–H and O–H groups in total. The smallest absolute Gasteiger partial charge is 0.119 e. The first kappa shape index (κ1) is 16.4.